The van der Waals surface area contributed by atoms with Crippen molar-refractivity contribution in [3.05, 3.63) is 68.2 Å². The minimum Gasteiger partial charge on any atom is -0.322 e. The van der Waals surface area contributed by atoms with Crippen molar-refractivity contribution in [2.24, 2.45) is 0 Å². The highest BCUT2D eigenvalue weighted by molar-refractivity contribution is 6.39. The number of benzene rings is 2. The van der Waals surface area contributed by atoms with Gasteiger partial charge in [0, 0.05) is 18.2 Å². The SMILES string of the molecule is CN(CC(=O)Nc1c(Cl)cccc1Cl)Cc1ccccc1[N+](=O)[O-]. The summed E-state index contributed by atoms with van der Waals surface area (Å²) in [6.07, 6.45) is 0. The number of nitrogens with one attached hydrogen (secondary N) is 1. The Labute approximate surface area is 149 Å². The van der Waals surface area contributed by atoms with E-state index in [2.05, 4.69) is 5.32 Å². The van der Waals surface area contributed by atoms with Gasteiger partial charge in [-0.1, -0.05) is 47.5 Å². The number of carbonyl (C=O) groups excluding carboxylic acids is 1. The van der Waals surface area contributed by atoms with Crippen LogP contribution < -0.4 is 5.32 Å². The molecule has 0 bridgehead atoms. The van der Waals surface area contributed by atoms with Crippen LogP contribution in [0.25, 0.3) is 0 Å². The summed E-state index contributed by atoms with van der Waals surface area (Å²) in [6, 6.07) is 11.4. The third-order valence-electron chi connectivity index (χ3n) is 3.27. The van der Waals surface area contributed by atoms with Gasteiger partial charge in [0.05, 0.1) is 27.2 Å². The van der Waals surface area contributed by atoms with Crippen molar-refractivity contribution in [1.29, 1.82) is 0 Å². The molecule has 0 aliphatic rings. The quantitative estimate of drug-likeness (QED) is 0.618. The molecule has 0 radical (unpaired) electrons. The topological polar surface area (TPSA) is 75.5 Å². The molecule has 1 amide bonds. The molecule has 0 atom stereocenters. The second-order valence-electron chi connectivity index (χ2n) is 5.20. The highest BCUT2D eigenvalue weighted by Gasteiger charge is 2.16. The fourth-order valence-electron chi connectivity index (χ4n) is 2.21. The van der Waals surface area contributed by atoms with E-state index in [1.807, 2.05) is 0 Å². The number of nitro benzene ring substituents is 1. The maximum absolute atomic E-state index is 12.1. The number of carbonyl (C=O) groups is 1. The highest BCUT2D eigenvalue weighted by atomic mass is 35.5. The summed E-state index contributed by atoms with van der Waals surface area (Å²) in [4.78, 5) is 24.4. The van der Waals surface area contributed by atoms with Gasteiger partial charge in [-0.25, -0.2) is 0 Å². The molecule has 1 N–H and O–H groups in total. The number of likely N-dealkylation sites (N-methyl/N-ethyl adjacent to an activating group) is 1. The van der Waals surface area contributed by atoms with E-state index in [4.69, 9.17) is 23.2 Å². The van der Waals surface area contributed by atoms with Crippen molar-refractivity contribution in [3.63, 3.8) is 0 Å². The van der Waals surface area contributed by atoms with Crippen LogP contribution in [0.4, 0.5) is 11.4 Å². The van der Waals surface area contributed by atoms with Crippen molar-refractivity contribution >= 4 is 40.5 Å². The van der Waals surface area contributed by atoms with E-state index in [0.717, 1.165) is 0 Å². The van der Waals surface area contributed by atoms with E-state index in [1.165, 1.54) is 6.07 Å². The molecule has 24 heavy (non-hydrogen) atoms. The zero-order chi connectivity index (χ0) is 17.7. The standard InChI is InChI=1S/C16H15Cl2N3O3/c1-20(9-11-5-2-3-8-14(11)21(23)24)10-15(22)19-16-12(17)6-4-7-13(16)18/h2-8H,9-10H2,1H3,(H,19,22). The molecule has 2 rings (SSSR count). The van der Waals surface area contributed by atoms with E-state index >= 15 is 0 Å². The summed E-state index contributed by atoms with van der Waals surface area (Å²) in [5.74, 6) is -0.314. The molecule has 0 unspecified atom stereocenters. The molecule has 8 heteroatoms. The number of amides is 1. The Morgan fingerprint density at radius 3 is 2.42 bits per heavy atom. The van der Waals surface area contributed by atoms with Crippen LogP contribution in [0.1, 0.15) is 5.56 Å². The first-order valence-electron chi connectivity index (χ1n) is 7.03. The van der Waals surface area contributed by atoms with Gasteiger partial charge in [0.15, 0.2) is 0 Å². The first-order chi connectivity index (χ1) is 11.4. The lowest BCUT2D eigenvalue weighted by Crippen LogP contribution is -2.30. The molecule has 0 saturated carbocycles. The van der Waals surface area contributed by atoms with Crippen molar-refractivity contribution in [2.45, 2.75) is 6.54 Å². The van der Waals surface area contributed by atoms with Crippen molar-refractivity contribution in [3.8, 4) is 0 Å². The molecule has 126 valence electrons. The third-order valence-corrected chi connectivity index (χ3v) is 3.90. The predicted octanol–water partition coefficient (Wildman–Crippen LogP) is 3.97. The molecule has 0 heterocycles. The van der Waals surface area contributed by atoms with Crippen molar-refractivity contribution in [1.82, 2.24) is 4.90 Å². The minimum absolute atomic E-state index is 0.0268. The fraction of sp³-hybridized carbons (Fsp3) is 0.188. The van der Waals surface area contributed by atoms with Gasteiger partial charge in [0.1, 0.15) is 0 Å². The van der Waals surface area contributed by atoms with E-state index in [0.29, 0.717) is 21.3 Å². The average molecular weight is 368 g/mol. The molecule has 2 aromatic rings. The van der Waals surface area contributed by atoms with E-state index in [1.54, 1.807) is 48.3 Å². The number of rotatable bonds is 6. The Morgan fingerprint density at radius 1 is 1.17 bits per heavy atom. The summed E-state index contributed by atoms with van der Waals surface area (Å²) in [5.41, 5.74) is 0.914. The highest BCUT2D eigenvalue weighted by Crippen LogP contribution is 2.29. The summed E-state index contributed by atoms with van der Waals surface area (Å²) in [5, 5.41) is 14.4. The largest absolute Gasteiger partial charge is 0.322 e. The minimum atomic E-state index is -0.438. The van der Waals surface area contributed by atoms with E-state index < -0.39 is 4.92 Å². The second-order valence-corrected chi connectivity index (χ2v) is 6.02. The maximum atomic E-state index is 12.1. The number of hydrogen-bond donors (Lipinski definition) is 1. The van der Waals surface area contributed by atoms with Gasteiger partial charge in [-0.2, -0.15) is 0 Å². The van der Waals surface area contributed by atoms with Crippen LogP contribution in [0.3, 0.4) is 0 Å². The van der Waals surface area contributed by atoms with Crippen molar-refractivity contribution < 1.29 is 9.72 Å². The molecule has 0 saturated heterocycles. The molecule has 0 fully saturated rings. The van der Waals surface area contributed by atoms with Crippen molar-refractivity contribution in [2.75, 3.05) is 18.9 Å². The second kappa shape index (κ2) is 8.10. The fourth-order valence-corrected chi connectivity index (χ4v) is 2.70. The normalized spacial score (nSPS) is 10.7. The summed E-state index contributed by atoms with van der Waals surface area (Å²) < 4.78 is 0. The summed E-state index contributed by atoms with van der Waals surface area (Å²) in [6.45, 7) is 0.300. The monoisotopic (exact) mass is 367 g/mol. The number of nitrogens with zero attached hydrogens (tertiary/aromatic N) is 2. The molecule has 6 nitrogen and oxygen atoms in total. The maximum Gasteiger partial charge on any atom is 0.273 e. The molecule has 0 aromatic heterocycles. The van der Waals surface area contributed by atoms with Gasteiger partial charge < -0.3 is 5.32 Å². The van der Waals surface area contributed by atoms with Crippen LogP contribution in [-0.4, -0.2) is 29.3 Å². The van der Waals surface area contributed by atoms with Gasteiger partial charge in [-0.15, -0.1) is 0 Å². The zero-order valence-electron chi connectivity index (χ0n) is 12.8. The number of halogens is 2. The lowest BCUT2D eigenvalue weighted by molar-refractivity contribution is -0.385. The Bertz CT molecular complexity index is 748. The van der Waals surface area contributed by atoms with Crippen LogP contribution in [0.15, 0.2) is 42.5 Å². The lowest BCUT2D eigenvalue weighted by Gasteiger charge is -2.17. The first kappa shape index (κ1) is 18.2. The number of anilines is 1. The predicted molar refractivity (Wildman–Crippen MR) is 94.5 cm³/mol. The summed E-state index contributed by atoms with van der Waals surface area (Å²) in [7, 11) is 1.70. The van der Waals surface area contributed by atoms with Crippen LogP contribution in [0, 0.1) is 10.1 Å². The molecular formula is C16H15Cl2N3O3. The number of para-hydroxylation sites is 2. The number of nitro groups is 1. The third kappa shape index (κ3) is 4.67. The summed E-state index contributed by atoms with van der Waals surface area (Å²) >= 11 is 12.0. The average Bonchev–Trinajstić information content (AvgIpc) is 2.51. The van der Waals surface area contributed by atoms with Crippen LogP contribution >= 0.6 is 23.2 Å². The number of hydrogen-bond acceptors (Lipinski definition) is 4. The Morgan fingerprint density at radius 2 is 1.79 bits per heavy atom. The Hall–Kier alpha value is -2.15. The molecule has 2 aromatic carbocycles. The Kier molecular flexibility index (Phi) is 6.14. The zero-order valence-corrected chi connectivity index (χ0v) is 14.3. The van der Waals surface area contributed by atoms with Gasteiger partial charge in [0.25, 0.3) is 5.69 Å². The Balaban J connectivity index is 2.01. The molecular weight excluding hydrogens is 353 g/mol. The first-order valence-corrected chi connectivity index (χ1v) is 7.78. The van der Waals surface area contributed by atoms with E-state index in [-0.39, 0.29) is 24.7 Å². The lowest BCUT2D eigenvalue weighted by atomic mass is 10.1. The van der Waals surface area contributed by atoms with Crippen LogP contribution in [0.5, 0.6) is 0 Å². The van der Waals surface area contributed by atoms with Crippen LogP contribution in [0.2, 0.25) is 10.0 Å². The van der Waals surface area contributed by atoms with Gasteiger partial charge in [0.2, 0.25) is 5.91 Å². The van der Waals surface area contributed by atoms with Gasteiger partial charge >= 0.3 is 0 Å². The van der Waals surface area contributed by atoms with Gasteiger partial charge in [-0.3, -0.25) is 19.8 Å². The van der Waals surface area contributed by atoms with Gasteiger partial charge in [-0.05, 0) is 19.2 Å². The molecule has 0 aliphatic heterocycles. The smallest absolute Gasteiger partial charge is 0.273 e. The molecule has 0 aliphatic carbocycles. The van der Waals surface area contributed by atoms with Crippen LogP contribution in [-0.2, 0) is 11.3 Å². The van der Waals surface area contributed by atoms with E-state index in [9.17, 15) is 14.9 Å². The molecule has 0 spiro atoms.